The van der Waals surface area contributed by atoms with E-state index in [1.807, 2.05) is 44.4 Å². The van der Waals surface area contributed by atoms with Gasteiger partial charge < -0.3 is 4.79 Å². The van der Waals surface area contributed by atoms with E-state index in [1.165, 1.54) is 5.56 Å². The molecule has 0 aliphatic heterocycles. The van der Waals surface area contributed by atoms with Crippen LogP contribution in [0.5, 0.6) is 0 Å². The molecule has 1 aromatic rings. The van der Waals surface area contributed by atoms with Gasteiger partial charge in [-0.05, 0) is 19.0 Å². The molecule has 0 radical (unpaired) electrons. The Labute approximate surface area is 84.7 Å². The molecule has 3 heteroatoms. The first-order valence-electron chi connectivity index (χ1n) is 4.67. The molecule has 0 spiro atoms. The SMILES string of the molecule is CNN(C)[C@H](C=O)Cc1ccccc1. The van der Waals surface area contributed by atoms with E-state index < -0.39 is 0 Å². The number of hydrogen-bond donors (Lipinski definition) is 1. The van der Waals surface area contributed by atoms with Gasteiger partial charge in [-0.1, -0.05) is 30.3 Å². The van der Waals surface area contributed by atoms with E-state index in [0.29, 0.717) is 0 Å². The van der Waals surface area contributed by atoms with Crippen LogP contribution in [0.25, 0.3) is 0 Å². The van der Waals surface area contributed by atoms with Gasteiger partial charge >= 0.3 is 0 Å². The van der Waals surface area contributed by atoms with Gasteiger partial charge in [-0.2, -0.15) is 0 Å². The molecule has 14 heavy (non-hydrogen) atoms. The molecular formula is C11H16N2O. The second kappa shape index (κ2) is 5.52. The molecule has 0 bridgehead atoms. The number of nitrogens with one attached hydrogen (secondary N) is 1. The van der Waals surface area contributed by atoms with Crippen molar-refractivity contribution in [3.8, 4) is 0 Å². The highest BCUT2D eigenvalue weighted by atomic mass is 16.1. The first-order valence-corrected chi connectivity index (χ1v) is 4.67. The molecule has 0 aromatic heterocycles. The quantitative estimate of drug-likeness (QED) is 0.555. The number of hydrogen-bond acceptors (Lipinski definition) is 3. The molecule has 0 saturated carbocycles. The van der Waals surface area contributed by atoms with Crippen LogP contribution in [0.3, 0.4) is 0 Å². The fourth-order valence-electron chi connectivity index (χ4n) is 1.30. The van der Waals surface area contributed by atoms with Crippen LogP contribution in [0.15, 0.2) is 30.3 Å². The Hall–Kier alpha value is -1.19. The van der Waals surface area contributed by atoms with Crippen LogP contribution in [0.4, 0.5) is 0 Å². The molecule has 1 rings (SSSR count). The number of hydrazine groups is 1. The molecule has 0 amide bonds. The molecule has 0 aliphatic carbocycles. The first-order chi connectivity index (χ1) is 6.77. The van der Waals surface area contributed by atoms with Crippen molar-refractivity contribution >= 4 is 6.29 Å². The van der Waals surface area contributed by atoms with Gasteiger partial charge in [0.25, 0.3) is 0 Å². The van der Waals surface area contributed by atoms with Crippen LogP contribution in [0.1, 0.15) is 5.56 Å². The van der Waals surface area contributed by atoms with Gasteiger partial charge in [0, 0.05) is 7.05 Å². The predicted octanol–water partition coefficient (Wildman–Crippen LogP) is 0.863. The van der Waals surface area contributed by atoms with E-state index in [9.17, 15) is 4.79 Å². The Morgan fingerprint density at radius 2 is 2.07 bits per heavy atom. The Balaban J connectivity index is 2.61. The average molecular weight is 192 g/mol. The summed E-state index contributed by atoms with van der Waals surface area (Å²) < 4.78 is 0. The van der Waals surface area contributed by atoms with Crippen LogP contribution in [0.2, 0.25) is 0 Å². The normalized spacial score (nSPS) is 12.8. The van der Waals surface area contributed by atoms with Crippen molar-refractivity contribution in [2.24, 2.45) is 0 Å². The van der Waals surface area contributed by atoms with Crippen molar-refractivity contribution in [1.82, 2.24) is 10.4 Å². The minimum Gasteiger partial charge on any atom is -0.302 e. The van der Waals surface area contributed by atoms with Crippen molar-refractivity contribution in [1.29, 1.82) is 0 Å². The highest BCUT2D eigenvalue weighted by molar-refractivity contribution is 5.58. The van der Waals surface area contributed by atoms with Gasteiger partial charge in [0.1, 0.15) is 6.29 Å². The average Bonchev–Trinajstić information content (AvgIpc) is 2.26. The number of benzene rings is 1. The molecule has 1 aromatic carbocycles. The Morgan fingerprint density at radius 1 is 1.43 bits per heavy atom. The zero-order valence-corrected chi connectivity index (χ0v) is 8.60. The summed E-state index contributed by atoms with van der Waals surface area (Å²) in [6.45, 7) is 0. The maximum Gasteiger partial charge on any atom is 0.138 e. The summed E-state index contributed by atoms with van der Waals surface area (Å²) in [6, 6.07) is 9.89. The maximum absolute atomic E-state index is 10.8. The summed E-state index contributed by atoms with van der Waals surface area (Å²) in [5.74, 6) is 0. The zero-order valence-electron chi connectivity index (χ0n) is 8.60. The molecule has 0 unspecified atom stereocenters. The molecule has 0 heterocycles. The fourth-order valence-corrected chi connectivity index (χ4v) is 1.30. The Bertz CT molecular complexity index is 274. The first kappa shape index (κ1) is 10.9. The van der Waals surface area contributed by atoms with Crippen LogP contribution < -0.4 is 5.43 Å². The third-order valence-corrected chi connectivity index (χ3v) is 2.29. The highest BCUT2D eigenvalue weighted by Gasteiger charge is 2.12. The molecular weight excluding hydrogens is 176 g/mol. The van der Waals surface area contributed by atoms with E-state index in [0.717, 1.165) is 12.7 Å². The standard InChI is InChI=1S/C11H16N2O/c1-12-13(2)11(9-14)8-10-6-4-3-5-7-10/h3-7,9,11-12H,8H2,1-2H3/t11-/m0/s1. The van der Waals surface area contributed by atoms with Crippen molar-refractivity contribution in [2.75, 3.05) is 14.1 Å². The minimum atomic E-state index is -0.109. The third-order valence-electron chi connectivity index (χ3n) is 2.29. The summed E-state index contributed by atoms with van der Waals surface area (Å²) in [4.78, 5) is 10.8. The van der Waals surface area contributed by atoms with E-state index in [4.69, 9.17) is 0 Å². The number of rotatable bonds is 5. The number of aldehydes is 1. The van der Waals surface area contributed by atoms with E-state index in [1.54, 1.807) is 5.01 Å². The lowest BCUT2D eigenvalue weighted by Crippen LogP contribution is -2.42. The van der Waals surface area contributed by atoms with Crippen molar-refractivity contribution in [3.63, 3.8) is 0 Å². The van der Waals surface area contributed by atoms with Gasteiger partial charge in [0.05, 0.1) is 6.04 Å². The summed E-state index contributed by atoms with van der Waals surface area (Å²) >= 11 is 0. The van der Waals surface area contributed by atoms with Crippen LogP contribution in [-0.2, 0) is 11.2 Å². The summed E-state index contributed by atoms with van der Waals surface area (Å²) in [5, 5.41) is 1.81. The Kier molecular flexibility index (Phi) is 4.29. The summed E-state index contributed by atoms with van der Waals surface area (Å²) in [5.41, 5.74) is 4.11. The largest absolute Gasteiger partial charge is 0.302 e. The molecule has 0 aliphatic rings. The zero-order chi connectivity index (χ0) is 10.4. The number of carbonyl (C=O) groups is 1. The van der Waals surface area contributed by atoms with Crippen molar-refractivity contribution in [2.45, 2.75) is 12.5 Å². The molecule has 3 nitrogen and oxygen atoms in total. The summed E-state index contributed by atoms with van der Waals surface area (Å²) in [7, 11) is 3.67. The van der Waals surface area contributed by atoms with Gasteiger partial charge in [-0.15, -0.1) is 0 Å². The Morgan fingerprint density at radius 3 is 2.57 bits per heavy atom. The van der Waals surface area contributed by atoms with Gasteiger partial charge in [0.15, 0.2) is 0 Å². The lowest BCUT2D eigenvalue weighted by molar-refractivity contribution is -0.112. The second-order valence-electron chi connectivity index (χ2n) is 3.23. The molecule has 0 fully saturated rings. The minimum absolute atomic E-state index is 0.109. The van der Waals surface area contributed by atoms with E-state index >= 15 is 0 Å². The number of carbonyl (C=O) groups excluding carboxylic acids is 1. The van der Waals surface area contributed by atoms with Crippen LogP contribution >= 0.6 is 0 Å². The van der Waals surface area contributed by atoms with Crippen LogP contribution in [-0.4, -0.2) is 31.4 Å². The monoisotopic (exact) mass is 192 g/mol. The van der Waals surface area contributed by atoms with E-state index in [2.05, 4.69) is 5.43 Å². The van der Waals surface area contributed by atoms with E-state index in [-0.39, 0.29) is 6.04 Å². The number of nitrogens with zero attached hydrogens (tertiary/aromatic N) is 1. The lowest BCUT2D eigenvalue weighted by Gasteiger charge is -2.22. The fraction of sp³-hybridized carbons (Fsp3) is 0.364. The third kappa shape index (κ3) is 2.94. The lowest BCUT2D eigenvalue weighted by atomic mass is 10.1. The second-order valence-corrected chi connectivity index (χ2v) is 3.23. The molecule has 0 saturated heterocycles. The maximum atomic E-state index is 10.8. The highest BCUT2D eigenvalue weighted by Crippen LogP contribution is 2.04. The predicted molar refractivity (Wildman–Crippen MR) is 56.8 cm³/mol. The molecule has 76 valence electrons. The topological polar surface area (TPSA) is 32.3 Å². The smallest absolute Gasteiger partial charge is 0.138 e. The van der Waals surface area contributed by atoms with Crippen LogP contribution in [0, 0.1) is 0 Å². The molecule has 1 atom stereocenters. The summed E-state index contributed by atoms with van der Waals surface area (Å²) in [6.07, 6.45) is 1.70. The number of likely N-dealkylation sites (N-methyl/N-ethyl adjacent to an activating group) is 1. The molecule has 1 N–H and O–H groups in total. The van der Waals surface area contributed by atoms with Gasteiger partial charge in [-0.3, -0.25) is 5.43 Å². The van der Waals surface area contributed by atoms with Crippen molar-refractivity contribution < 1.29 is 4.79 Å². The van der Waals surface area contributed by atoms with Gasteiger partial charge in [-0.25, -0.2) is 5.01 Å². The van der Waals surface area contributed by atoms with Gasteiger partial charge in [0.2, 0.25) is 0 Å². The van der Waals surface area contributed by atoms with Crippen molar-refractivity contribution in [3.05, 3.63) is 35.9 Å².